The molecule has 2 aromatic heterocycles. The highest BCUT2D eigenvalue weighted by molar-refractivity contribution is 5.79. The van der Waals surface area contributed by atoms with Gasteiger partial charge in [-0.05, 0) is 46.2 Å². The minimum Gasteiger partial charge on any atom is -0.461 e. The molecule has 2 heterocycles. The van der Waals surface area contributed by atoms with Crippen molar-refractivity contribution in [2.75, 3.05) is 26.7 Å². The molecule has 0 aliphatic rings. The van der Waals surface area contributed by atoms with Crippen molar-refractivity contribution in [1.82, 2.24) is 30.7 Å². The lowest BCUT2D eigenvalue weighted by Gasteiger charge is -2.30. The summed E-state index contributed by atoms with van der Waals surface area (Å²) in [4.78, 5) is 11.2. The molecule has 0 fully saturated rings. The molecule has 2 rings (SSSR count). The van der Waals surface area contributed by atoms with Crippen LogP contribution in [0.25, 0.3) is 11.6 Å². The molecule has 0 aliphatic carbocycles. The van der Waals surface area contributed by atoms with E-state index in [1.165, 1.54) is 0 Å². The highest BCUT2D eigenvalue weighted by Gasteiger charge is 2.12. The highest BCUT2D eigenvalue weighted by atomic mass is 16.3. The van der Waals surface area contributed by atoms with Gasteiger partial charge < -0.3 is 15.1 Å². The summed E-state index contributed by atoms with van der Waals surface area (Å²) in [5.41, 5.74) is 0. The van der Waals surface area contributed by atoms with Gasteiger partial charge in [0.2, 0.25) is 5.82 Å². The van der Waals surface area contributed by atoms with Gasteiger partial charge >= 0.3 is 0 Å². The lowest BCUT2D eigenvalue weighted by molar-refractivity contribution is 0.173. The second-order valence-electron chi connectivity index (χ2n) is 7.04. The Labute approximate surface area is 161 Å². The quantitative estimate of drug-likeness (QED) is 0.335. The summed E-state index contributed by atoms with van der Waals surface area (Å²) in [6.07, 6.45) is 3.42. The number of rotatable bonds is 10. The lowest BCUT2D eigenvalue weighted by atomic mass is 10.2. The minimum atomic E-state index is 0.565. The maximum Gasteiger partial charge on any atom is 0.216 e. The Morgan fingerprint density at radius 1 is 1.22 bits per heavy atom. The maximum atomic E-state index is 5.30. The van der Waals surface area contributed by atoms with E-state index >= 15 is 0 Å². The molecule has 0 aliphatic heterocycles. The van der Waals surface area contributed by atoms with Crippen molar-refractivity contribution in [3.8, 4) is 11.6 Å². The molecule has 0 radical (unpaired) electrons. The SMILES string of the molecule is CN=C(NCCCN(C(C)C)C(C)C)NCCc1nc(-c2ccco2)n[nH]1. The number of aromatic nitrogens is 3. The van der Waals surface area contributed by atoms with Crippen LogP contribution in [0.4, 0.5) is 0 Å². The third-order valence-corrected chi connectivity index (χ3v) is 4.36. The van der Waals surface area contributed by atoms with Gasteiger partial charge in [-0.1, -0.05) is 0 Å². The minimum absolute atomic E-state index is 0.565. The zero-order chi connectivity index (χ0) is 19.6. The van der Waals surface area contributed by atoms with Crippen LogP contribution in [0.5, 0.6) is 0 Å². The summed E-state index contributed by atoms with van der Waals surface area (Å²) >= 11 is 0. The van der Waals surface area contributed by atoms with E-state index in [0.717, 1.165) is 44.3 Å². The van der Waals surface area contributed by atoms with Crippen molar-refractivity contribution in [2.24, 2.45) is 4.99 Å². The molecule has 0 atom stereocenters. The van der Waals surface area contributed by atoms with E-state index in [1.54, 1.807) is 13.3 Å². The number of guanidine groups is 1. The monoisotopic (exact) mass is 375 g/mol. The van der Waals surface area contributed by atoms with Crippen LogP contribution in [0.15, 0.2) is 27.8 Å². The van der Waals surface area contributed by atoms with E-state index in [-0.39, 0.29) is 0 Å². The number of hydrogen-bond acceptors (Lipinski definition) is 5. The van der Waals surface area contributed by atoms with Crippen LogP contribution < -0.4 is 10.6 Å². The first-order valence-corrected chi connectivity index (χ1v) is 9.66. The Bertz CT molecular complexity index is 668. The first-order valence-electron chi connectivity index (χ1n) is 9.66. The second-order valence-corrected chi connectivity index (χ2v) is 7.04. The summed E-state index contributed by atoms with van der Waals surface area (Å²) in [6.45, 7) is 11.7. The number of nitrogens with one attached hydrogen (secondary N) is 3. The van der Waals surface area contributed by atoms with E-state index in [2.05, 4.69) is 63.4 Å². The molecular weight excluding hydrogens is 342 g/mol. The third kappa shape index (κ3) is 6.71. The van der Waals surface area contributed by atoms with Crippen LogP contribution in [0.1, 0.15) is 39.9 Å². The number of H-pyrrole nitrogens is 1. The van der Waals surface area contributed by atoms with Gasteiger partial charge in [0.05, 0.1) is 6.26 Å². The van der Waals surface area contributed by atoms with Crippen molar-refractivity contribution < 1.29 is 4.42 Å². The van der Waals surface area contributed by atoms with E-state index in [4.69, 9.17) is 4.42 Å². The fourth-order valence-corrected chi connectivity index (χ4v) is 3.02. The fourth-order valence-electron chi connectivity index (χ4n) is 3.02. The van der Waals surface area contributed by atoms with Crippen LogP contribution in [0.2, 0.25) is 0 Å². The molecule has 0 saturated carbocycles. The maximum absolute atomic E-state index is 5.30. The summed E-state index contributed by atoms with van der Waals surface area (Å²) in [7, 11) is 1.79. The Morgan fingerprint density at radius 3 is 2.59 bits per heavy atom. The number of furan rings is 1. The Kier molecular flexibility index (Phi) is 8.32. The van der Waals surface area contributed by atoms with E-state index < -0.39 is 0 Å². The van der Waals surface area contributed by atoms with Crippen molar-refractivity contribution in [3.05, 3.63) is 24.2 Å². The number of aliphatic imine (C=N–C) groups is 1. The number of aromatic amines is 1. The highest BCUT2D eigenvalue weighted by Crippen LogP contribution is 2.14. The van der Waals surface area contributed by atoms with Crippen LogP contribution >= 0.6 is 0 Å². The van der Waals surface area contributed by atoms with Crippen molar-refractivity contribution >= 4 is 5.96 Å². The average molecular weight is 376 g/mol. The molecule has 0 aromatic carbocycles. The molecule has 0 amide bonds. The van der Waals surface area contributed by atoms with E-state index in [0.29, 0.717) is 23.7 Å². The summed E-state index contributed by atoms with van der Waals surface area (Å²) in [5, 5.41) is 13.8. The molecule has 150 valence electrons. The fraction of sp³-hybridized carbons (Fsp3) is 0.632. The molecule has 0 spiro atoms. The Hall–Kier alpha value is -2.35. The Morgan fingerprint density at radius 2 is 1.96 bits per heavy atom. The van der Waals surface area contributed by atoms with Gasteiger partial charge in [-0.2, -0.15) is 5.10 Å². The molecule has 27 heavy (non-hydrogen) atoms. The van der Waals surface area contributed by atoms with Crippen LogP contribution in [0.3, 0.4) is 0 Å². The molecule has 0 bridgehead atoms. The van der Waals surface area contributed by atoms with Crippen molar-refractivity contribution in [3.63, 3.8) is 0 Å². The predicted molar refractivity (Wildman–Crippen MR) is 109 cm³/mol. The van der Waals surface area contributed by atoms with Crippen LogP contribution in [-0.2, 0) is 6.42 Å². The van der Waals surface area contributed by atoms with Gasteiger partial charge in [-0.3, -0.25) is 15.0 Å². The van der Waals surface area contributed by atoms with Gasteiger partial charge in [0.15, 0.2) is 11.7 Å². The molecule has 0 unspecified atom stereocenters. The normalized spacial score (nSPS) is 12.4. The summed E-state index contributed by atoms with van der Waals surface area (Å²) < 4.78 is 5.30. The summed E-state index contributed by atoms with van der Waals surface area (Å²) in [6, 6.07) is 4.80. The molecule has 2 aromatic rings. The molecule has 3 N–H and O–H groups in total. The first kappa shape index (κ1) is 21.0. The zero-order valence-electron chi connectivity index (χ0n) is 17.1. The molecule has 8 nitrogen and oxygen atoms in total. The Balaban J connectivity index is 1.67. The average Bonchev–Trinajstić information content (AvgIpc) is 3.30. The van der Waals surface area contributed by atoms with Crippen LogP contribution in [0, 0.1) is 0 Å². The zero-order valence-corrected chi connectivity index (χ0v) is 17.1. The number of hydrogen-bond donors (Lipinski definition) is 3. The third-order valence-electron chi connectivity index (χ3n) is 4.36. The van der Waals surface area contributed by atoms with E-state index in [1.807, 2.05) is 12.1 Å². The second kappa shape index (κ2) is 10.7. The summed E-state index contributed by atoms with van der Waals surface area (Å²) in [5.74, 6) is 2.87. The molecule has 8 heteroatoms. The van der Waals surface area contributed by atoms with Crippen molar-refractivity contribution in [1.29, 1.82) is 0 Å². The van der Waals surface area contributed by atoms with Gasteiger partial charge in [-0.15, -0.1) is 0 Å². The lowest BCUT2D eigenvalue weighted by Crippen LogP contribution is -2.41. The van der Waals surface area contributed by atoms with Gasteiger partial charge in [0.25, 0.3) is 0 Å². The predicted octanol–water partition coefficient (Wildman–Crippen LogP) is 2.28. The molecular formula is C19H33N7O. The number of nitrogens with zero attached hydrogens (tertiary/aromatic N) is 4. The van der Waals surface area contributed by atoms with E-state index in [9.17, 15) is 0 Å². The molecule has 0 saturated heterocycles. The van der Waals surface area contributed by atoms with Gasteiger partial charge in [-0.25, -0.2) is 4.98 Å². The van der Waals surface area contributed by atoms with Crippen LogP contribution in [-0.4, -0.2) is 64.8 Å². The van der Waals surface area contributed by atoms with Gasteiger partial charge in [0, 0.05) is 45.2 Å². The van der Waals surface area contributed by atoms with Crippen molar-refractivity contribution in [2.45, 2.75) is 52.6 Å². The smallest absolute Gasteiger partial charge is 0.216 e. The standard InChI is InChI=1S/C19H33N7O/c1-14(2)26(15(3)4)12-7-10-21-19(20-5)22-11-9-17-23-18(25-24-17)16-8-6-13-27-16/h6,8,13-15H,7,9-12H2,1-5H3,(H2,20,21,22)(H,23,24,25). The van der Waals surface area contributed by atoms with Gasteiger partial charge in [0.1, 0.15) is 5.82 Å². The topological polar surface area (TPSA) is 94.4 Å². The largest absolute Gasteiger partial charge is 0.461 e. The first-order chi connectivity index (χ1) is 13.0.